The van der Waals surface area contributed by atoms with Crippen LogP contribution < -0.4 is 5.32 Å². The third kappa shape index (κ3) is 13.9. The zero-order chi connectivity index (χ0) is 23.5. The molecule has 1 aromatic carbocycles. The molecule has 0 aliphatic rings. The monoisotopic (exact) mass is 445 g/mol. The van der Waals surface area contributed by atoms with E-state index in [4.69, 9.17) is 4.74 Å². The Kier molecular flexibility index (Phi) is 16.2. The molecule has 1 rings (SSSR count). The van der Waals surface area contributed by atoms with E-state index >= 15 is 0 Å². The van der Waals surface area contributed by atoms with Crippen molar-refractivity contribution in [3.63, 3.8) is 0 Å². The molecule has 0 saturated carbocycles. The summed E-state index contributed by atoms with van der Waals surface area (Å²) in [6.07, 6.45) is 19.0. The largest absolute Gasteiger partial charge is 0.446 e. The van der Waals surface area contributed by atoms with Gasteiger partial charge < -0.3 is 4.74 Å². The van der Waals surface area contributed by atoms with E-state index in [9.17, 15) is 4.79 Å². The van der Waals surface area contributed by atoms with Crippen molar-refractivity contribution in [2.45, 2.75) is 142 Å². The minimum absolute atomic E-state index is 0.0310. The Labute approximate surface area is 199 Å². The maximum Gasteiger partial charge on any atom is 0.311 e. The van der Waals surface area contributed by atoms with E-state index in [1.54, 1.807) is 0 Å². The third-order valence-electron chi connectivity index (χ3n) is 6.51. The summed E-state index contributed by atoms with van der Waals surface area (Å²) in [5, 5.41) is 3.76. The lowest BCUT2D eigenvalue weighted by Crippen LogP contribution is -2.49. The van der Waals surface area contributed by atoms with Crippen LogP contribution in [-0.4, -0.2) is 17.7 Å². The van der Waals surface area contributed by atoms with Gasteiger partial charge in [-0.15, -0.1) is 0 Å². The second kappa shape index (κ2) is 18.1. The quantitative estimate of drug-likeness (QED) is 0.124. The number of hydrogen-bond donors (Lipinski definition) is 1. The fraction of sp³-hybridized carbons (Fsp3) is 0.759. The summed E-state index contributed by atoms with van der Waals surface area (Å²) in [6.45, 7) is 8.99. The molecule has 0 bridgehead atoms. The van der Waals surface area contributed by atoms with Gasteiger partial charge in [0.2, 0.25) is 0 Å². The summed E-state index contributed by atoms with van der Waals surface area (Å²) in [7, 11) is 0. The Hall–Kier alpha value is -1.35. The van der Waals surface area contributed by atoms with E-state index in [0.717, 1.165) is 24.8 Å². The van der Waals surface area contributed by atoms with Crippen molar-refractivity contribution >= 4 is 5.97 Å². The van der Waals surface area contributed by atoms with Gasteiger partial charge in [-0.3, -0.25) is 10.1 Å². The van der Waals surface area contributed by atoms with Gasteiger partial charge in [0.25, 0.3) is 0 Å². The maximum atomic E-state index is 12.5. The van der Waals surface area contributed by atoms with Crippen molar-refractivity contribution in [2.75, 3.05) is 0 Å². The van der Waals surface area contributed by atoms with Gasteiger partial charge in [0.15, 0.2) is 6.23 Å². The van der Waals surface area contributed by atoms with Crippen LogP contribution >= 0.6 is 0 Å². The topological polar surface area (TPSA) is 38.3 Å². The van der Waals surface area contributed by atoms with Crippen LogP contribution in [0.25, 0.3) is 0 Å². The zero-order valence-electron chi connectivity index (χ0n) is 21.6. The van der Waals surface area contributed by atoms with Crippen molar-refractivity contribution in [1.82, 2.24) is 5.32 Å². The molecule has 0 spiro atoms. The molecule has 32 heavy (non-hydrogen) atoms. The van der Waals surface area contributed by atoms with Crippen LogP contribution in [0, 0.1) is 0 Å². The van der Waals surface area contributed by atoms with E-state index < -0.39 is 0 Å². The van der Waals surface area contributed by atoms with Crippen molar-refractivity contribution in [3.8, 4) is 0 Å². The summed E-state index contributed by atoms with van der Waals surface area (Å²) in [4.78, 5) is 12.5. The van der Waals surface area contributed by atoms with Gasteiger partial charge in [-0.25, -0.2) is 0 Å². The van der Waals surface area contributed by atoms with E-state index in [1.165, 1.54) is 77.0 Å². The first-order valence-corrected chi connectivity index (χ1v) is 13.5. The number of ether oxygens (including phenoxy) is 1. The van der Waals surface area contributed by atoms with Crippen LogP contribution in [-0.2, 0) is 16.0 Å². The number of carbonyl (C=O) groups excluding carboxylic acids is 1. The highest BCUT2D eigenvalue weighted by atomic mass is 16.6. The molecule has 1 N–H and O–H groups in total. The number of esters is 1. The standard InChI is InChI=1S/C29H51NO2/c1-5-8-10-12-14-19-23-29(4,24-20-15-13-11-9-6-2)30-27(7-3)32-28(31)25-26-21-17-16-18-22-26/h16-18,21-22,27,30H,5-15,19-20,23-25H2,1-4H3. The first kappa shape index (κ1) is 28.7. The highest BCUT2D eigenvalue weighted by molar-refractivity contribution is 5.72. The van der Waals surface area contributed by atoms with Crippen LogP contribution in [0.4, 0.5) is 0 Å². The molecule has 0 aromatic heterocycles. The number of benzene rings is 1. The first-order chi connectivity index (χ1) is 15.5. The van der Waals surface area contributed by atoms with Gasteiger partial charge in [0, 0.05) is 5.54 Å². The number of nitrogens with one attached hydrogen (secondary N) is 1. The molecule has 0 aliphatic heterocycles. The molecule has 0 saturated heterocycles. The molecule has 3 heteroatoms. The molecule has 3 nitrogen and oxygen atoms in total. The molecule has 1 atom stereocenters. The summed E-state index contributed by atoms with van der Waals surface area (Å²) in [6, 6.07) is 9.88. The third-order valence-corrected chi connectivity index (χ3v) is 6.51. The fourth-order valence-corrected chi connectivity index (χ4v) is 4.43. The molecule has 1 unspecified atom stereocenters. The smallest absolute Gasteiger partial charge is 0.311 e. The molecule has 0 heterocycles. The number of rotatable bonds is 20. The Morgan fingerprint density at radius 3 is 1.81 bits per heavy atom. The zero-order valence-corrected chi connectivity index (χ0v) is 21.6. The molecule has 1 aromatic rings. The van der Waals surface area contributed by atoms with Crippen molar-refractivity contribution in [3.05, 3.63) is 35.9 Å². The molecular formula is C29H51NO2. The van der Waals surface area contributed by atoms with Gasteiger partial charge in [-0.1, -0.05) is 128 Å². The average molecular weight is 446 g/mol. The van der Waals surface area contributed by atoms with Gasteiger partial charge >= 0.3 is 5.97 Å². The Balaban J connectivity index is 2.56. The second-order valence-corrected chi connectivity index (χ2v) is 9.79. The Morgan fingerprint density at radius 2 is 1.31 bits per heavy atom. The Morgan fingerprint density at radius 1 is 0.812 bits per heavy atom. The summed E-state index contributed by atoms with van der Waals surface area (Å²) >= 11 is 0. The van der Waals surface area contributed by atoms with E-state index in [1.807, 2.05) is 30.3 Å². The molecule has 0 fully saturated rings. The van der Waals surface area contributed by atoms with Crippen molar-refractivity contribution in [2.24, 2.45) is 0 Å². The van der Waals surface area contributed by atoms with Gasteiger partial charge in [-0.05, 0) is 31.7 Å². The summed E-state index contributed by atoms with van der Waals surface area (Å²) in [5.74, 6) is -0.142. The summed E-state index contributed by atoms with van der Waals surface area (Å²) < 4.78 is 5.87. The van der Waals surface area contributed by atoms with Crippen molar-refractivity contribution < 1.29 is 9.53 Å². The predicted molar refractivity (Wildman–Crippen MR) is 138 cm³/mol. The molecule has 0 radical (unpaired) electrons. The summed E-state index contributed by atoms with van der Waals surface area (Å²) in [5.41, 5.74) is 1.04. The minimum Gasteiger partial charge on any atom is -0.446 e. The highest BCUT2D eigenvalue weighted by Crippen LogP contribution is 2.25. The fourth-order valence-electron chi connectivity index (χ4n) is 4.43. The number of carbonyl (C=O) groups is 1. The van der Waals surface area contributed by atoms with Crippen LogP contribution in [0.5, 0.6) is 0 Å². The first-order valence-electron chi connectivity index (χ1n) is 13.5. The maximum absolute atomic E-state index is 12.5. The number of hydrogen-bond acceptors (Lipinski definition) is 3. The molecule has 0 amide bonds. The van der Waals surface area contributed by atoms with Gasteiger partial charge in [0.1, 0.15) is 0 Å². The average Bonchev–Trinajstić information content (AvgIpc) is 2.79. The predicted octanol–water partition coefficient (Wildman–Crippen LogP) is 8.36. The lowest BCUT2D eigenvalue weighted by atomic mass is 9.87. The van der Waals surface area contributed by atoms with Gasteiger partial charge in [-0.2, -0.15) is 0 Å². The molecule has 184 valence electrons. The van der Waals surface area contributed by atoms with Gasteiger partial charge in [0.05, 0.1) is 6.42 Å². The molecule has 0 aliphatic carbocycles. The van der Waals surface area contributed by atoms with Crippen LogP contribution in [0.3, 0.4) is 0 Å². The second-order valence-electron chi connectivity index (χ2n) is 9.79. The van der Waals surface area contributed by atoms with Crippen molar-refractivity contribution in [1.29, 1.82) is 0 Å². The Bertz CT molecular complexity index is 556. The highest BCUT2D eigenvalue weighted by Gasteiger charge is 2.27. The lowest BCUT2D eigenvalue weighted by molar-refractivity contribution is -0.151. The van der Waals surface area contributed by atoms with E-state index in [-0.39, 0.29) is 17.7 Å². The molecular weight excluding hydrogens is 394 g/mol. The van der Waals surface area contributed by atoms with Crippen LogP contribution in [0.15, 0.2) is 30.3 Å². The minimum atomic E-state index is -0.212. The number of unbranched alkanes of at least 4 members (excludes halogenated alkanes) is 10. The van der Waals surface area contributed by atoms with E-state index in [0.29, 0.717) is 6.42 Å². The van der Waals surface area contributed by atoms with Crippen LogP contribution in [0.1, 0.15) is 130 Å². The normalized spacial score (nSPS) is 12.6. The van der Waals surface area contributed by atoms with E-state index in [2.05, 4.69) is 33.0 Å². The SMILES string of the molecule is CCCCCCCCC(C)(CCCCCCCC)NC(CC)OC(=O)Cc1ccccc1. The lowest BCUT2D eigenvalue weighted by Gasteiger charge is -2.35. The van der Waals surface area contributed by atoms with Crippen LogP contribution in [0.2, 0.25) is 0 Å².